The van der Waals surface area contributed by atoms with Crippen molar-refractivity contribution in [1.29, 1.82) is 0 Å². The Morgan fingerprint density at radius 2 is 1.80 bits per heavy atom. The number of amides is 1. The number of nitrogens with one attached hydrogen (secondary N) is 1. The van der Waals surface area contributed by atoms with Gasteiger partial charge in [-0.1, -0.05) is 36.4 Å². The standard InChI is InChI=1S/C16H19N3O/c1-12-7-3-6-10-15(12)19(2)11-13-8-4-5-9-14(13)16(20)18-17/h3-10H,11,17H2,1-2H3,(H,18,20). The van der Waals surface area contributed by atoms with Crippen LogP contribution in [0.3, 0.4) is 0 Å². The smallest absolute Gasteiger partial charge is 0.265 e. The summed E-state index contributed by atoms with van der Waals surface area (Å²) < 4.78 is 0. The third kappa shape index (κ3) is 2.97. The molecule has 1 amide bonds. The van der Waals surface area contributed by atoms with Crippen LogP contribution in [0.5, 0.6) is 0 Å². The Hall–Kier alpha value is -2.33. The van der Waals surface area contributed by atoms with Crippen LogP contribution >= 0.6 is 0 Å². The number of rotatable bonds is 4. The van der Waals surface area contributed by atoms with Gasteiger partial charge in [0.15, 0.2) is 0 Å². The van der Waals surface area contributed by atoms with Gasteiger partial charge in [0, 0.05) is 24.8 Å². The maximum absolute atomic E-state index is 11.8. The molecule has 2 aromatic rings. The fourth-order valence-corrected chi connectivity index (χ4v) is 2.29. The molecule has 0 spiro atoms. The highest BCUT2D eigenvalue weighted by molar-refractivity contribution is 5.95. The number of hydrogen-bond donors (Lipinski definition) is 2. The number of carbonyl (C=O) groups is 1. The Labute approximate surface area is 119 Å². The van der Waals surface area contributed by atoms with Crippen molar-refractivity contribution < 1.29 is 4.79 Å². The third-order valence-electron chi connectivity index (χ3n) is 3.33. The molecule has 0 unspecified atom stereocenters. The van der Waals surface area contributed by atoms with Crippen LogP contribution in [0.25, 0.3) is 0 Å². The number of hydrazine groups is 1. The summed E-state index contributed by atoms with van der Waals surface area (Å²) in [6.07, 6.45) is 0. The minimum Gasteiger partial charge on any atom is -0.370 e. The second kappa shape index (κ2) is 6.21. The van der Waals surface area contributed by atoms with Gasteiger partial charge in [-0.2, -0.15) is 0 Å². The van der Waals surface area contributed by atoms with Crippen LogP contribution in [-0.2, 0) is 6.54 Å². The van der Waals surface area contributed by atoms with E-state index in [9.17, 15) is 4.79 Å². The van der Waals surface area contributed by atoms with Gasteiger partial charge in [0.25, 0.3) is 5.91 Å². The van der Waals surface area contributed by atoms with E-state index in [1.54, 1.807) is 6.07 Å². The second-order valence-corrected chi connectivity index (χ2v) is 4.77. The molecule has 0 saturated heterocycles. The monoisotopic (exact) mass is 269 g/mol. The van der Waals surface area contributed by atoms with Gasteiger partial charge in [-0.15, -0.1) is 0 Å². The van der Waals surface area contributed by atoms with Gasteiger partial charge in [0.05, 0.1) is 0 Å². The highest BCUT2D eigenvalue weighted by Gasteiger charge is 2.12. The molecule has 0 aromatic heterocycles. The number of nitrogens with two attached hydrogens (primary N) is 1. The predicted molar refractivity (Wildman–Crippen MR) is 81.4 cm³/mol. The lowest BCUT2D eigenvalue weighted by Gasteiger charge is -2.22. The molecule has 0 aliphatic carbocycles. The molecule has 2 rings (SSSR count). The van der Waals surface area contributed by atoms with Crippen molar-refractivity contribution in [3.8, 4) is 0 Å². The number of benzene rings is 2. The van der Waals surface area contributed by atoms with Crippen molar-refractivity contribution in [2.24, 2.45) is 5.84 Å². The van der Waals surface area contributed by atoms with E-state index in [4.69, 9.17) is 5.84 Å². The van der Waals surface area contributed by atoms with Crippen LogP contribution in [0.4, 0.5) is 5.69 Å². The van der Waals surface area contributed by atoms with Crippen molar-refractivity contribution in [1.82, 2.24) is 5.43 Å². The zero-order valence-electron chi connectivity index (χ0n) is 11.8. The van der Waals surface area contributed by atoms with E-state index in [1.807, 2.05) is 37.4 Å². The summed E-state index contributed by atoms with van der Waals surface area (Å²) in [4.78, 5) is 13.9. The van der Waals surface area contributed by atoms with Gasteiger partial charge in [0.2, 0.25) is 0 Å². The van der Waals surface area contributed by atoms with Crippen molar-refractivity contribution in [3.05, 3.63) is 65.2 Å². The summed E-state index contributed by atoms with van der Waals surface area (Å²) in [6, 6.07) is 15.7. The molecule has 0 heterocycles. The fraction of sp³-hybridized carbons (Fsp3) is 0.188. The minimum absolute atomic E-state index is 0.265. The molecule has 3 N–H and O–H groups in total. The summed E-state index contributed by atoms with van der Waals surface area (Å²) in [6.45, 7) is 2.72. The minimum atomic E-state index is -0.265. The van der Waals surface area contributed by atoms with Crippen LogP contribution in [-0.4, -0.2) is 13.0 Å². The van der Waals surface area contributed by atoms with Crippen LogP contribution < -0.4 is 16.2 Å². The van der Waals surface area contributed by atoms with Gasteiger partial charge in [-0.25, -0.2) is 5.84 Å². The van der Waals surface area contributed by atoms with Crippen molar-refractivity contribution in [3.63, 3.8) is 0 Å². The first kappa shape index (κ1) is 14.1. The molecule has 0 aliphatic rings. The Balaban J connectivity index is 2.26. The van der Waals surface area contributed by atoms with Crippen LogP contribution in [0.1, 0.15) is 21.5 Å². The average molecular weight is 269 g/mol. The van der Waals surface area contributed by atoms with E-state index in [0.717, 1.165) is 11.3 Å². The zero-order valence-corrected chi connectivity index (χ0v) is 11.8. The van der Waals surface area contributed by atoms with Gasteiger partial charge in [-0.05, 0) is 30.2 Å². The molecule has 104 valence electrons. The molecule has 20 heavy (non-hydrogen) atoms. The number of nitrogen functional groups attached to an aromatic ring is 1. The Bertz CT molecular complexity index is 610. The molecular formula is C16H19N3O. The van der Waals surface area contributed by atoms with E-state index < -0.39 is 0 Å². The van der Waals surface area contributed by atoms with E-state index in [2.05, 4.69) is 29.4 Å². The molecule has 0 bridgehead atoms. The zero-order chi connectivity index (χ0) is 14.5. The van der Waals surface area contributed by atoms with Gasteiger partial charge in [-0.3, -0.25) is 10.2 Å². The third-order valence-corrected chi connectivity index (χ3v) is 3.33. The first-order valence-electron chi connectivity index (χ1n) is 6.49. The molecule has 4 heteroatoms. The molecule has 0 radical (unpaired) electrons. The molecule has 0 fully saturated rings. The van der Waals surface area contributed by atoms with Crippen molar-refractivity contribution >= 4 is 11.6 Å². The molecule has 2 aromatic carbocycles. The number of anilines is 1. The largest absolute Gasteiger partial charge is 0.370 e. The van der Waals surface area contributed by atoms with Crippen LogP contribution in [0.2, 0.25) is 0 Å². The SMILES string of the molecule is Cc1ccccc1N(C)Cc1ccccc1C(=O)NN. The number of aryl methyl sites for hydroxylation is 1. The molecule has 0 aliphatic heterocycles. The predicted octanol–water partition coefficient (Wildman–Crippen LogP) is 2.23. The lowest BCUT2D eigenvalue weighted by atomic mass is 10.1. The van der Waals surface area contributed by atoms with Crippen molar-refractivity contribution in [2.45, 2.75) is 13.5 Å². The van der Waals surface area contributed by atoms with Crippen molar-refractivity contribution in [2.75, 3.05) is 11.9 Å². The normalized spacial score (nSPS) is 10.2. The van der Waals surface area contributed by atoms with E-state index >= 15 is 0 Å². The lowest BCUT2D eigenvalue weighted by Crippen LogP contribution is -2.31. The molecular weight excluding hydrogens is 250 g/mol. The van der Waals surface area contributed by atoms with E-state index in [-0.39, 0.29) is 5.91 Å². The fourth-order valence-electron chi connectivity index (χ4n) is 2.29. The summed E-state index contributed by atoms with van der Waals surface area (Å²) in [5.74, 6) is 4.96. The Morgan fingerprint density at radius 3 is 2.50 bits per heavy atom. The highest BCUT2D eigenvalue weighted by atomic mass is 16.2. The number of nitrogens with zero attached hydrogens (tertiary/aromatic N) is 1. The topological polar surface area (TPSA) is 58.4 Å². The summed E-state index contributed by atoms with van der Waals surface area (Å²) in [5.41, 5.74) is 6.09. The van der Waals surface area contributed by atoms with Crippen LogP contribution in [0.15, 0.2) is 48.5 Å². The maximum Gasteiger partial charge on any atom is 0.265 e. The van der Waals surface area contributed by atoms with E-state index in [1.165, 1.54) is 5.56 Å². The Kier molecular flexibility index (Phi) is 4.38. The number of para-hydroxylation sites is 1. The number of carbonyl (C=O) groups excluding carboxylic acids is 1. The maximum atomic E-state index is 11.8. The Morgan fingerprint density at radius 1 is 1.15 bits per heavy atom. The summed E-state index contributed by atoms with van der Waals surface area (Å²) in [5, 5.41) is 0. The molecule has 0 atom stereocenters. The van der Waals surface area contributed by atoms with Crippen LogP contribution in [0, 0.1) is 6.92 Å². The van der Waals surface area contributed by atoms with Gasteiger partial charge < -0.3 is 4.90 Å². The summed E-state index contributed by atoms with van der Waals surface area (Å²) >= 11 is 0. The lowest BCUT2D eigenvalue weighted by molar-refractivity contribution is 0.0952. The molecule has 4 nitrogen and oxygen atoms in total. The summed E-state index contributed by atoms with van der Waals surface area (Å²) in [7, 11) is 2.01. The second-order valence-electron chi connectivity index (χ2n) is 4.77. The highest BCUT2D eigenvalue weighted by Crippen LogP contribution is 2.21. The van der Waals surface area contributed by atoms with Gasteiger partial charge in [0.1, 0.15) is 0 Å². The average Bonchev–Trinajstić information content (AvgIpc) is 2.47. The van der Waals surface area contributed by atoms with Gasteiger partial charge >= 0.3 is 0 Å². The van der Waals surface area contributed by atoms with E-state index in [0.29, 0.717) is 12.1 Å². The molecule has 0 saturated carbocycles. The first-order chi connectivity index (χ1) is 9.63. The number of hydrogen-bond acceptors (Lipinski definition) is 3. The first-order valence-corrected chi connectivity index (χ1v) is 6.49. The quantitative estimate of drug-likeness (QED) is 0.508.